The fourth-order valence-corrected chi connectivity index (χ4v) is 3.24. The lowest BCUT2D eigenvalue weighted by Gasteiger charge is -2.39. The van der Waals surface area contributed by atoms with Crippen molar-refractivity contribution in [3.63, 3.8) is 0 Å². The third kappa shape index (κ3) is 4.45. The zero-order chi connectivity index (χ0) is 19.2. The number of hydrogen-bond donors (Lipinski definition) is 1. The van der Waals surface area contributed by atoms with Gasteiger partial charge in [-0.3, -0.25) is 15.1 Å². The van der Waals surface area contributed by atoms with Crippen LogP contribution in [-0.2, 0) is 11.3 Å². The molecule has 2 aromatic rings. The molecule has 0 aromatic carbocycles. The summed E-state index contributed by atoms with van der Waals surface area (Å²) in [5.41, 5.74) is 0.993. The van der Waals surface area contributed by atoms with Crippen LogP contribution >= 0.6 is 0 Å². The molecular formula is C19H26N6O2. The molecule has 0 spiro atoms. The van der Waals surface area contributed by atoms with E-state index in [4.69, 9.17) is 0 Å². The van der Waals surface area contributed by atoms with E-state index in [1.807, 2.05) is 12.1 Å². The molecule has 1 N–H and O–H groups in total. The molecule has 3 heterocycles. The normalized spacial score (nSPS) is 17.3. The molecule has 1 atom stereocenters. The Hall–Kier alpha value is -2.90. The van der Waals surface area contributed by atoms with Crippen LogP contribution in [0.4, 0.5) is 10.6 Å². The third-order valence-corrected chi connectivity index (χ3v) is 4.81. The van der Waals surface area contributed by atoms with E-state index in [0.29, 0.717) is 31.9 Å². The van der Waals surface area contributed by atoms with Crippen molar-refractivity contribution in [2.24, 2.45) is 0 Å². The molecule has 144 valence electrons. The van der Waals surface area contributed by atoms with Gasteiger partial charge < -0.3 is 9.80 Å². The number of rotatable bonds is 6. The van der Waals surface area contributed by atoms with Crippen molar-refractivity contribution in [2.45, 2.75) is 38.8 Å². The van der Waals surface area contributed by atoms with E-state index in [2.05, 4.69) is 22.3 Å². The summed E-state index contributed by atoms with van der Waals surface area (Å²) >= 11 is 0. The summed E-state index contributed by atoms with van der Waals surface area (Å²) < 4.78 is 1.72. The zero-order valence-corrected chi connectivity index (χ0v) is 15.8. The number of anilines is 1. The van der Waals surface area contributed by atoms with Crippen LogP contribution in [0.3, 0.4) is 0 Å². The van der Waals surface area contributed by atoms with Crippen LogP contribution < -0.4 is 5.32 Å². The Morgan fingerprint density at radius 2 is 2.15 bits per heavy atom. The number of hydrogen-bond acceptors (Lipinski definition) is 4. The van der Waals surface area contributed by atoms with Crippen LogP contribution in [0.1, 0.15) is 31.7 Å². The smallest absolute Gasteiger partial charge is 0.323 e. The first kappa shape index (κ1) is 18.9. The Kier molecular flexibility index (Phi) is 6.05. The van der Waals surface area contributed by atoms with Crippen LogP contribution in [0.25, 0.3) is 0 Å². The van der Waals surface area contributed by atoms with Gasteiger partial charge in [0.05, 0.1) is 12.7 Å². The molecule has 8 heteroatoms. The van der Waals surface area contributed by atoms with Crippen molar-refractivity contribution in [3.05, 3.63) is 42.4 Å². The van der Waals surface area contributed by atoms with Gasteiger partial charge in [0.2, 0.25) is 5.91 Å². The van der Waals surface area contributed by atoms with Gasteiger partial charge >= 0.3 is 6.03 Å². The number of likely N-dealkylation sites (N-methyl/N-ethyl adjacent to an activating group) is 1. The summed E-state index contributed by atoms with van der Waals surface area (Å²) in [5.74, 6) is 0.609. The number of pyridine rings is 1. The summed E-state index contributed by atoms with van der Waals surface area (Å²) in [7, 11) is 1.79. The minimum Gasteiger partial charge on any atom is -0.342 e. The van der Waals surface area contributed by atoms with Crippen LogP contribution in [0.5, 0.6) is 0 Å². The van der Waals surface area contributed by atoms with Gasteiger partial charge in [0.15, 0.2) is 0 Å². The second-order valence-electron chi connectivity index (χ2n) is 6.78. The van der Waals surface area contributed by atoms with Gasteiger partial charge in [0.25, 0.3) is 0 Å². The lowest BCUT2D eigenvalue weighted by atomic mass is 10.0. The van der Waals surface area contributed by atoms with Crippen molar-refractivity contribution >= 4 is 17.8 Å². The molecule has 3 amide bonds. The molecule has 27 heavy (non-hydrogen) atoms. The predicted molar refractivity (Wildman–Crippen MR) is 102 cm³/mol. The second-order valence-corrected chi connectivity index (χ2v) is 6.78. The number of nitrogens with zero attached hydrogens (tertiary/aromatic N) is 5. The van der Waals surface area contributed by atoms with Crippen LogP contribution in [0.2, 0.25) is 0 Å². The van der Waals surface area contributed by atoms with E-state index < -0.39 is 6.04 Å². The summed E-state index contributed by atoms with van der Waals surface area (Å²) in [6, 6.07) is 4.92. The standard InChI is InChI=1S/C19H26N6O2/c1-3-4-7-16-18(26)23(2)11-12-24(16)19(27)22-17-8-10-21-25(17)14-15-6-5-9-20-13-15/h5-6,8-10,13,16H,3-4,7,11-12,14H2,1-2H3,(H,22,27)/t16-/m0/s1. The molecule has 1 aliphatic rings. The zero-order valence-electron chi connectivity index (χ0n) is 15.8. The average Bonchev–Trinajstić information content (AvgIpc) is 3.10. The maximum Gasteiger partial charge on any atom is 0.323 e. The van der Waals surface area contributed by atoms with Crippen molar-refractivity contribution in [1.82, 2.24) is 24.6 Å². The Morgan fingerprint density at radius 3 is 2.89 bits per heavy atom. The largest absolute Gasteiger partial charge is 0.342 e. The van der Waals surface area contributed by atoms with Gasteiger partial charge in [-0.05, 0) is 18.1 Å². The lowest BCUT2D eigenvalue weighted by Crippen LogP contribution is -2.58. The van der Waals surface area contributed by atoms with Crippen molar-refractivity contribution < 1.29 is 9.59 Å². The fourth-order valence-electron chi connectivity index (χ4n) is 3.24. The highest BCUT2D eigenvalue weighted by atomic mass is 16.2. The maximum atomic E-state index is 12.9. The van der Waals surface area contributed by atoms with Crippen molar-refractivity contribution in [1.29, 1.82) is 0 Å². The lowest BCUT2D eigenvalue weighted by molar-refractivity contribution is -0.138. The summed E-state index contributed by atoms with van der Waals surface area (Å²) in [6.45, 7) is 3.67. The first-order chi connectivity index (χ1) is 13.1. The number of urea groups is 1. The van der Waals surface area contributed by atoms with E-state index in [1.165, 1.54) is 0 Å². The maximum absolute atomic E-state index is 12.9. The van der Waals surface area contributed by atoms with Gasteiger partial charge in [0.1, 0.15) is 11.9 Å². The van der Waals surface area contributed by atoms with Gasteiger partial charge in [0, 0.05) is 38.6 Å². The van der Waals surface area contributed by atoms with Crippen LogP contribution in [0.15, 0.2) is 36.8 Å². The van der Waals surface area contributed by atoms with Gasteiger partial charge in [-0.15, -0.1) is 0 Å². The number of carbonyl (C=O) groups is 2. The Bertz CT molecular complexity index is 776. The molecule has 0 bridgehead atoms. The number of nitrogens with one attached hydrogen (secondary N) is 1. The second kappa shape index (κ2) is 8.66. The number of aromatic nitrogens is 3. The predicted octanol–water partition coefficient (Wildman–Crippen LogP) is 2.19. The first-order valence-electron chi connectivity index (χ1n) is 9.33. The number of amides is 3. The molecule has 1 fully saturated rings. The Balaban J connectivity index is 1.71. The van der Waals surface area contributed by atoms with E-state index in [0.717, 1.165) is 18.4 Å². The van der Waals surface area contributed by atoms with E-state index in [9.17, 15) is 9.59 Å². The van der Waals surface area contributed by atoms with Crippen molar-refractivity contribution in [3.8, 4) is 0 Å². The summed E-state index contributed by atoms with van der Waals surface area (Å²) in [6.07, 6.45) is 7.72. The molecule has 0 saturated carbocycles. The Morgan fingerprint density at radius 1 is 1.30 bits per heavy atom. The SMILES string of the molecule is CCCC[C@H]1C(=O)N(C)CCN1C(=O)Nc1ccnn1Cc1cccnc1. The highest BCUT2D eigenvalue weighted by molar-refractivity contribution is 5.94. The first-order valence-corrected chi connectivity index (χ1v) is 9.33. The van der Waals surface area contributed by atoms with E-state index in [1.54, 1.807) is 46.2 Å². The van der Waals surface area contributed by atoms with E-state index in [-0.39, 0.29) is 11.9 Å². The summed E-state index contributed by atoms with van der Waals surface area (Å²) in [4.78, 5) is 32.9. The average molecular weight is 370 g/mol. The molecular weight excluding hydrogens is 344 g/mol. The minimum absolute atomic E-state index is 0.00807. The number of carbonyl (C=O) groups excluding carboxylic acids is 2. The third-order valence-electron chi connectivity index (χ3n) is 4.81. The quantitative estimate of drug-likeness (QED) is 0.845. The van der Waals surface area contributed by atoms with Gasteiger partial charge in [-0.2, -0.15) is 5.10 Å². The molecule has 2 aromatic heterocycles. The highest BCUT2D eigenvalue weighted by Gasteiger charge is 2.35. The molecule has 1 saturated heterocycles. The van der Waals surface area contributed by atoms with E-state index >= 15 is 0 Å². The number of piperazine rings is 1. The Labute approximate surface area is 159 Å². The molecule has 8 nitrogen and oxygen atoms in total. The van der Waals surface area contributed by atoms with Gasteiger partial charge in [-0.25, -0.2) is 9.48 Å². The molecule has 1 aliphatic heterocycles. The summed E-state index contributed by atoms with van der Waals surface area (Å²) in [5, 5.41) is 7.20. The molecule has 0 unspecified atom stereocenters. The fraction of sp³-hybridized carbons (Fsp3) is 0.474. The molecule has 0 radical (unpaired) electrons. The monoisotopic (exact) mass is 370 g/mol. The van der Waals surface area contributed by atoms with Gasteiger partial charge in [-0.1, -0.05) is 25.8 Å². The minimum atomic E-state index is -0.404. The molecule has 3 rings (SSSR count). The topological polar surface area (TPSA) is 83.4 Å². The van der Waals surface area contributed by atoms with Crippen LogP contribution in [0, 0.1) is 0 Å². The highest BCUT2D eigenvalue weighted by Crippen LogP contribution is 2.18. The molecule has 0 aliphatic carbocycles. The van der Waals surface area contributed by atoms with Crippen molar-refractivity contribution in [2.75, 3.05) is 25.5 Å². The number of unbranched alkanes of at least 4 members (excludes halogenated alkanes) is 1. The van der Waals surface area contributed by atoms with Crippen LogP contribution in [-0.4, -0.2) is 62.7 Å².